The first kappa shape index (κ1) is 10.7. The molecule has 2 heterocycles. The van der Waals surface area contributed by atoms with Crippen molar-refractivity contribution in [2.45, 2.75) is 19.1 Å². The Kier molecular flexibility index (Phi) is 3.43. The number of aliphatic imine (C=N–C) groups is 1. The van der Waals surface area contributed by atoms with E-state index in [1.807, 2.05) is 0 Å². The molecule has 15 heavy (non-hydrogen) atoms. The molecule has 5 heteroatoms. The van der Waals surface area contributed by atoms with Crippen LogP contribution in [0.5, 0.6) is 0 Å². The third kappa shape index (κ3) is 3.07. The summed E-state index contributed by atoms with van der Waals surface area (Å²) in [7, 11) is 2.13. The van der Waals surface area contributed by atoms with Crippen LogP contribution in [0, 0.1) is 0 Å². The van der Waals surface area contributed by atoms with Crippen LogP contribution >= 0.6 is 0 Å². The van der Waals surface area contributed by atoms with Crippen molar-refractivity contribution in [3.05, 3.63) is 0 Å². The van der Waals surface area contributed by atoms with E-state index in [2.05, 4.69) is 34.5 Å². The zero-order valence-corrected chi connectivity index (χ0v) is 9.49. The van der Waals surface area contributed by atoms with Gasteiger partial charge in [-0.25, -0.2) is 0 Å². The highest BCUT2D eigenvalue weighted by Gasteiger charge is 2.19. The highest BCUT2D eigenvalue weighted by atomic mass is 16.5. The Morgan fingerprint density at radius 1 is 1.67 bits per heavy atom. The van der Waals surface area contributed by atoms with Crippen LogP contribution in [0.3, 0.4) is 0 Å². The number of hydrogen-bond acceptors (Lipinski definition) is 5. The number of rotatable bonds is 2. The first-order valence-electron chi connectivity index (χ1n) is 5.59. The highest BCUT2D eigenvalue weighted by Crippen LogP contribution is 2.01. The second-order valence-corrected chi connectivity index (χ2v) is 4.37. The molecule has 2 aliphatic heterocycles. The topological polar surface area (TPSA) is 48.9 Å². The van der Waals surface area contributed by atoms with Gasteiger partial charge in [-0.1, -0.05) is 0 Å². The number of ether oxygens (including phenoxy) is 1. The Morgan fingerprint density at radius 3 is 3.20 bits per heavy atom. The fourth-order valence-electron chi connectivity index (χ4n) is 1.86. The van der Waals surface area contributed by atoms with Crippen molar-refractivity contribution in [1.29, 1.82) is 0 Å². The lowest BCUT2D eigenvalue weighted by Gasteiger charge is -2.30. The summed E-state index contributed by atoms with van der Waals surface area (Å²) in [5.41, 5.74) is 0. The molecule has 2 unspecified atom stereocenters. The van der Waals surface area contributed by atoms with E-state index in [0.717, 1.165) is 38.7 Å². The summed E-state index contributed by atoms with van der Waals surface area (Å²) < 4.78 is 5.65. The van der Waals surface area contributed by atoms with Crippen molar-refractivity contribution in [2.75, 3.05) is 39.8 Å². The molecule has 1 fully saturated rings. The maximum Gasteiger partial charge on any atom is 0.191 e. The van der Waals surface area contributed by atoms with E-state index in [4.69, 9.17) is 4.74 Å². The van der Waals surface area contributed by atoms with Crippen LogP contribution in [0.1, 0.15) is 6.92 Å². The monoisotopic (exact) mass is 212 g/mol. The van der Waals surface area contributed by atoms with E-state index in [1.54, 1.807) is 0 Å². The smallest absolute Gasteiger partial charge is 0.191 e. The summed E-state index contributed by atoms with van der Waals surface area (Å²) in [5, 5.41) is 6.56. The lowest BCUT2D eigenvalue weighted by Crippen LogP contribution is -2.48. The second kappa shape index (κ2) is 4.81. The SMILES string of the molecule is CC1CN=C(NCC2CN(C)CCO2)N1. The Hall–Kier alpha value is -0.810. The number of morpholine rings is 1. The van der Waals surface area contributed by atoms with Gasteiger partial charge < -0.3 is 20.3 Å². The minimum Gasteiger partial charge on any atom is -0.374 e. The summed E-state index contributed by atoms with van der Waals surface area (Å²) >= 11 is 0. The van der Waals surface area contributed by atoms with Crippen LogP contribution in [-0.4, -0.2) is 62.8 Å². The molecule has 1 saturated heterocycles. The Morgan fingerprint density at radius 2 is 2.53 bits per heavy atom. The first-order chi connectivity index (χ1) is 7.24. The van der Waals surface area contributed by atoms with E-state index < -0.39 is 0 Å². The predicted octanol–water partition coefficient (Wildman–Crippen LogP) is -0.746. The Labute approximate surface area is 90.9 Å². The zero-order chi connectivity index (χ0) is 10.7. The standard InChI is InChI=1S/C10H20N4O/c1-8-5-11-10(13-8)12-6-9-7-14(2)3-4-15-9/h8-9H,3-7H2,1-2H3,(H2,11,12,13). The molecule has 2 aliphatic rings. The summed E-state index contributed by atoms with van der Waals surface area (Å²) in [4.78, 5) is 6.64. The Balaban J connectivity index is 1.69. The molecule has 0 saturated carbocycles. The molecule has 0 amide bonds. The van der Waals surface area contributed by atoms with Crippen molar-refractivity contribution in [2.24, 2.45) is 4.99 Å². The van der Waals surface area contributed by atoms with Gasteiger partial charge in [0.15, 0.2) is 5.96 Å². The number of nitrogens with zero attached hydrogens (tertiary/aromatic N) is 2. The van der Waals surface area contributed by atoms with Crippen molar-refractivity contribution in [3.8, 4) is 0 Å². The molecule has 0 aromatic rings. The van der Waals surface area contributed by atoms with Gasteiger partial charge in [-0.05, 0) is 14.0 Å². The van der Waals surface area contributed by atoms with E-state index in [1.165, 1.54) is 0 Å². The molecule has 0 bridgehead atoms. The van der Waals surface area contributed by atoms with Crippen molar-refractivity contribution < 1.29 is 4.74 Å². The summed E-state index contributed by atoms with van der Waals surface area (Å²) in [6.45, 7) is 6.70. The zero-order valence-electron chi connectivity index (χ0n) is 9.49. The lowest BCUT2D eigenvalue weighted by atomic mass is 10.3. The van der Waals surface area contributed by atoms with Gasteiger partial charge in [-0.2, -0.15) is 0 Å². The van der Waals surface area contributed by atoms with Gasteiger partial charge in [0.2, 0.25) is 0 Å². The number of nitrogens with one attached hydrogen (secondary N) is 2. The maximum absolute atomic E-state index is 5.65. The van der Waals surface area contributed by atoms with Crippen LogP contribution in [0.2, 0.25) is 0 Å². The molecule has 86 valence electrons. The minimum absolute atomic E-state index is 0.282. The molecular weight excluding hydrogens is 192 g/mol. The van der Waals surface area contributed by atoms with E-state index in [-0.39, 0.29) is 6.10 Å². The van der Waals surface area contributed by atoms with Gasteiger partial charge >= 0.3 is 0 Å². The summed E-state index contributed by atoms with van der Waals surface area (Å²) in [6, 6.07) is 0.461. The normalized spacial score (nSPS) is 32.3. The fourth-order valence-corrected chi connectivity index (χ4v) is 1.86. The summed E-state index contributed by atoms with van der Waals surface area (Å²) in [6.07, 6.45) is 0.282. The van der Waals surface area contributed by atoms with E-state index >= 15 is 0 Å². The Bertz CT molecular complexity index is 244. The van der Waals surface area contributed by atoms with Gasteiger partial charge in [0.1, 0.15) is 0 Å². The number of hydrogen-bond donors (Lipinski definition) is 2. The fraction of sp³-hybridized carbons (Fsp3) is 0.900. The van der Waals surface area contributed by atoms with Gasteiger partial charge in [-0.3, -0.25) is 4.99 Å². The van der Waals surface area contributed by atoms with Crippen LogP contribution in [0.15, 0.2) is 4.99 Å². The molecule has 5 nitrogen and oxygen atoms in total. The molecule has 0 radical (unpaired) electrons. The van der Waals surface area contributed by atoms with E-state index in [9.17, 15) is 0 Å². The van der Waals surface area contributed by atoms with Crippen molar-refractivity contribution in [1.82, 2.24) is 15.5 Å². The largest absolute Gasteiger partial charge is 0.374 e. The maximum atomic E-state index is 5.65. The van der Waals surface area contributed by atoms with Crippen molar-refractivity contribution in [3.63, 3.8) is 0 Å². The quantitative estimate of drug-likeness (QED) is 0.632. The molecule has 2 N–H and O–H groups in total. The third-order valence-corrected chi connectivity index (χ3v) is 2.75. The van der Waals surface area contributed by atoms with Crippen LogP contribution in [0.4, 0.5) is 0 Å². The van der Waals surface area contributed by atoms with Gasteiger partial charge in [-0.15, -0.1) is 0 Å². The van der Waals surface area contributed by atoms with Crippen molar-refractivity contribution >= 4 is 5.96 Å². The molecule has 0 spiro atoms. The first-order valence-corrected chi connectivity index (χ1v) is 5.59. The van der Waals surface area contributed by atoms with E-state index in [0.29, 0.717) is 6.04 Å². The molecule has 2 rings (SSSR count). The van der Waals surface area contributed by atoms with Crippen LogP contribution < -0.4 is 10.6 Å². The van der Waals surface area contributed by atoms with Gasteiger partial charge in [0, 0.05) is 25.7 Å². The molecule has 0 aromatic heterocycles. The average Bonchev–Trinajstić information content (AvgIpc) is 2.62. The summed E-state index contributed by atoms with van der Waals surface area (Å²) in [5.74, 6) is 0.916. The molecular formula is C10H20N4O. The highest BCUT2D eigenvalue weighted by molar-refractivity contribution is 5.81. The second-order valence-electron chi connectivity index (χ2n) is 4.37. The molecule has 0 aliphatic carbocycles. The minimum atomic E-state index is 0.282. The third-order valence-electron chi connectivity index (χ3n) is 2.75. The van der Waals surface area contributed by atoms with Crippen LogP contribution in [-0.2, 0) is 4.74 Å². The lowest BCUT2D eigenvalue weighted by molar-refractivity contribution is -0.0160. The van der Waals surface area contributed by atoms with Gasteiger partial charge in [0.05, 0.1) is 19.3 Å². The average molecular weight is 212 g/mol. The van der Waals surface area contributed by atoms with Crippen LogP contribution in [0.25, 0.3) is 0 Å². The molecule has 0 aromatic carbocycles. The number of likely N-dealkylation sites (N-methyl/N-ethyl adjacent to an activating group) is 1. The van der Waals surface area contributed by atoms with Gasteiger partial charge in [0.25, 0.3) is 0 Å². The molecule has 2 atom stereocenters. The number of guanidine groups is 1. The predicted molar refractivity (Wildman–Crippen MR) is 60.1 cm³/mol.